The molecule has 0 aliphatic carbocycles. The van der Waals surface area contributed by atoms with Crippen LogP contribution < -0.4 is 15.0 Å². The lowest BCUT2D eigenvalue weighted by Crippen LogP contribution is -2.50. The van der Waals surface area contributed by atoms with Gasteiger partial charge in [0.15, 0.2) is 6.10 Å². The number of benzene rings is 2. The highest BCUT2D eigenvalue weighted by Crippen LogP contribution is 2.33. The highest BCUT2D eigenvalue weighted by atomic mass is 16.5. The van der Waals surface area contributed by atoms with Crippen LogP contribution in [0.25, 0.3) is 5.69 Å². The van der Waals surface area contributed by atoms with Gasteiger partial charge in [-0.05, 0) is 29.8 Å². The number of nitrogens with zero attached hydrogens (tertiary/aromatic N) is 3. The van der Waals surface area contributed by atoms with Gasteiger partial charge in [0, 0.05) is 13.2 Å². The van der Waals surface area contributed by atoms with Crippen LogP contribution >= 0.6 is 0 Å². The fourth-order valence-electron chi connectivity index (χ4n) is 3.21. The van der Waals surface area contributed by atoms with E-state index in [-0.39, 0.29) is 24.8 Å². The van der Waals surface area contributed by atoms with Crippen LogP contribution in [0.1, 0.15) is 5.56 Å². The van der Waals surface area contributed by atoms with Gasteiger partial charge in [-0.25, -0.2) is 4.68 Å². The molecule has 1 aliphatic heterocycles. The van der Waals surface area contributed by atoms with Gasteiger partial charge in [-0.3, -0.25) is 9.59 Å². The molecule has 1 N–H and O–H groups in total. The van der Waals surface area contributed by atoms with E-state index in [0.717, 1.165) is 11.3 Å². The molecule has 0 radical (unpaired) electrons. The van der Waals surface area contributed by atoms with Gasteiger partial charge in [0.2, 0.25) is 5.91 Å². The van der Waals surface area contributed by atoms with Crippen LogP contribution in [0.4, 0.5) is 5.69 Å². The van der Waals surface area contributed by atoms with Crippen LogP contribution in [0.5, 0.6) is 5.75 Å². The monoisotopic (exact) mass is 376 g/mol. The Morgan fingerprint density at radius 1 is 1.14 bits per heavy atom. The number of carbonyl (C=O) groups is 2. The fraction of sp³-hybridized carbons (Fsp3) is 0.190. The molecule has 28 heavy (non-hydrogen) atoms. The second-order valence-corrected chi connectivity index (χ2v) is 6.50. The Balaban J connectivity index is 1.56. The molecule has 1 atom stereocenters. The molecule has 142 valence electrons. The molecule has 0 bridgehead atoms. The minimum absolute atomic E-state index is 0.114. The van der Waals surface area contributed by atoms with Crippen LogP contribution in [-0.2, 0) is 16.0 Å². The number of fused-ring (bicyclic) bond motifs is 1. The van der Waals surface area contributed by atoms with Gasteiger partial charge in [-0.15, -0.1) is 0 Å². The van der Waals surface area contributed by atoms with Crippen molar-refractivity contribution in [1.82, 2.24) is 15.1 Å². The van der Waals surface area contributed by atoms with Crippen molar-refractivity contribution in [1.29, 1.82) is 0 Å². The second kappa shape index (κ2) is 7.56. The van der Waals surface area contributed by atoms with E-state index >= 15 is 0 Å². The fourth-order valence-corrected chi connectivity index (χ4v) is 3.21. The molecule has 2 aromatic carbocycles. The largest absolute Gasteiger partial charge is 0.477 e. The smallest absolute Gasteiger partial charge is 0.262 e. The average molecular weight is 376 g/mol. The molecule has 2 amide bonds. The molecule has 2 heterocycles. The number of hydrogen-bond acceptors (Lipinski definition) is 4. The number of rotatable bonds is 4. The maximum atomic E-state index is 13.0. The van der Waals surface area contributed by atoms with Gasteiger partial charge < -0.3 is 15.0 Å². The molecular weight excluding hydrogens is 356 g/mol. The molecule has 1 aliphatic rings. The zero-order valence-corrected chi connectivity index (χ0v) is 15.4. The molecule has 0 spiro atoms. The summed E-state index contributed by atoms with van der Waals surface area (Å²) in [7, 11) is 1.55. The predicted octanol–water partition coefficient (Wildman–Crippen LogP) is 1.96. The minimum Gasteiger partial charge on any atom is -0.477 e. The molecule has 7 heteroatoms. The SMILES string of the molecule is CNC(=O)[C@H]1CN(C(=O)Cc2cnn(-c3ccccc3)c2)c2ccccc2O1. The highest BCUT2D eigenvalue weighted by molar-refractivity contribution is 5.98. The van der Waals surface area contributed by atoms with Crippen molar-refractivity contribution in [3.8, 4) is 11.4 Å². The first-order chi connectivity index (χ1) is 13.7. The summed E-state index contributed by atoms with van der Waals surface area (Å²) in [6.45, 7) is 0.169. The van der Waals surface area contributed by atoms with E-state index in [9.17, 15) is 9.59 Å². The maximum absolute atomic E-state index is 13.0. The lowest BCUT2D eigenvalue weighted by atomic mass is 10.1. The Morgan fingerprint density at radius 3 is 2.68 bits per heavy atom. The summed E-state index contributed by atoms with van der Waals surface area (Å²) in [5.74, 6) is 0.150. The summed E-state index contributed by atoms with van der Waals surface area (Å²) in [4.78, 5) is 26.7. The van der Waals surface area contributed by atoms with E-state index in [2.05, 4.69) is 10.4 Å². The lowest BCUT2D eigenvalue weighted by Gasteiger charge is -2.34. The molecule has 0 saturated heterocycles. The van der Waals surface area contributed by atoms with Gasteiger partial charge in [0.1, 0.15) is 5.75 Å². The number of nitrogens with one attached hydrogen (secondary N) is 1. The number of hydrogen-bond donors (Lipinski definition) is 1. The van der Waals surface area contributed by atoms with Crippen LogP contribution in [0.15, 0.2) is 67.0 Å². The van der Waals surface area contributed by atoms with Crippen molar-refractivity contribution in [2.45, 2.75) is 12.5 Å². The zero-order chi connectivity index (χ0) is 19.5. The quantitative estimate of drug-likeness (QED) is 0.755. The van der Waals surface area contributed by atoms with Gasteiger partial charge in [0.05, 0.1) is 30.5 Å². The van der Waals surface area contributed by atoms with E-state index in [0.29, 0.717) is 11.4 Å². The first-order valence-electron chi connectivity index (χ1n) is 9.02. The van der Waals surface area contributed by atoms with Gasteiger partial charge in [0.25, 0.3) is 5.91 Å². The van der Waals surface area contributed by atoms with Crippen molar-refractivity contribution in [3.05, 3.63) is 72.6 Å². The first kappa shape index (κ1) is 17.8. The molecule has 3 aromatic rings. The number of ether oxygens (including phenoxy) is 1. The predicted molar refractivity (Wildman–Crippen MR) is 105 cm³/mol. The number of anilines is 1. The molecule has 4 rings (SSSR count). The van der Waals surface area contributed by atoms with E-state index in [4.69, 9.17) is 4.74 Å². The lowest BCUT2D eigenvalue weighted by molar-refractivity contribution is -0.127. The Labute approximate surface area is 162 Å². The average Bonchev–Trinajstić information content (AvgIpc) is 3.21. The third kappa shape index (κ3) is 3.46. The number of likely N-dealkylation sites (N-methyl/N-ethyl adjacent to an activating group) is 1. The summed E-state index contributed by atoms with van der Waals surface area (Å²) in [5.41, 5.74) is 2.40. The summed E-state index contributed by atoms with van der Waals surface area (Å²) < 4.78 is 7.49. The third-order valence-corrected chi connectivity index (χ3v) is 4.63. The number of amides is 2. The molecule has 1 aromatic heterocycles. The topological polar surface area (TPSA) is 76.5 Å². The molecule has 0 fully saturated rings. The van der Waals surface area contributed by atoms with Crippen molar-refractivity contribution in [3.63, 3.8) is 0 Å². The Morgan fingerprint density at radius 2 is 1.89 bits per heavy atom. The highest BCUT2D eigenvalue weighted by Gasteiger charge is 2.33. The molecule has 0 saturated carbocycles. The molecule has 7 nitrogen and oxygen atoms in total. The van der Waals surface area contributed by atoms with E-state index in [1.165, 1.54) is 0 Å². The zero-order valence-electron chi connectivity index (χ0n) is 15.4. The summed E-state index contributed by atoms with van der Waals surface area (Å²) >= 11 is 0. The van der Waals surface area contributed by atoms with Gasteiger partial charge in [-0.1, -0.05) is 30.3 Å². The first-order valence-corrected chi connectivity index (χ1v) is 9.02. The van der Waals surface area contributed by atoms with E-state index < -0.39 is 6.10 Å². The van der Waals surface area contributed by atoms with Crippen LogP contribution in [-0.4, -0.2) is 41.3 Å². The van der Waals surface area contributed by atoms with Crippen LogP contribution in [0.2, 0.25) is 0 Å². The molecule has 0 unspecified atom stereocenters. The van der Waals surface area contributed by atoms with Crippen LogP contribution in [0.3, 0.4) is 0 Å². The van der Waals surface area contributed by atoms with Crippen LogP contribution in [0, 0.1) is 0 Å². The summed E-state index contributed by atoms with van der Waals surface area (Å²) in [6.07, 6.45) is 2.97. The van der Waals surface area contributed by atoms with Crippen molar-refractivity contribution in [2.24, 2.45) is 0 Å². The Hall–Kier alpha value is -3.61. The third-order valence-electron chi connectivity index (χ3n) is 4.63. The van der Waals surface area contributed by atoms with Gasteiger partial charge >= 0.3 is 0 Å². The standard InChI is InChI=1S/C21H20N4O3/c1-22-21(27)19-14-24(17-9-5-6-10-18(17)28-19)20(26)11-15-12-23-25(13-15)16-7-3-2-4-8-16/h2-10,12-13,19H,11,14H2,1H3,(H,22,27)/t19-/m1/s1. The van der Waals surface area contributed by atoms with Crippen molar-refractivity contribution < 1.29 is 14.3 Å². The normalized spacial score (nSPS) is 15.5. The van der Waals surface area contributed by atoms with Crippen molar-refractivity contribution >= 4 is 17.5 Å². The van der Waals surface area contributed by atoms with E-state index in [1.54, 1.807) is 28.9 Å². The Bertz CT molecular complexity index is 1000. The number of carbonyl (C=O) groups excluding carboxylic acids is 2. The number of para-hydroxylation sites is 3. The van der Waals surface area contributed by atoms with Gasteiger partial charge in [-0.2, -0.15) is 5.10 Å². The van der Waals surface area contributed by atoms with E-state index in [1.807, 2.05) is 54.7 Å². The minimum atomic E-state index is -0.740. The van der Waals surface area contributed by atoms with Crippen molar-refractivity contribution in [2.75, 3.05) is 18.5 Å². The summed E-state index contributed by atoms with van der Waals surface area (Å²) in [5, 5.41) is 6.92. The molecular formula is C21H20N4O3. The maximum Gasteiger partial charge on any atom is 0.262 e. The summed E-state index contributed by atoms with van der Waals surface area (Å²) in [6, 6.07) is 17.0. The second-order valence-electron chi connectivity index (χ2n) is 6.50. The Kier molecular flexibility index (Phi) is 4.80. The number of aromatic nitrogens is 2.